The molecule has 1 fully saturated rings. The lowest BCUT2D eigenvalue weighted by molar-refractivity contribution is 0.627. The minimum absolute atomic E-state index is 0.201. The number of hydrogen-bond donors (Lipinski definition) is 1. The Kier molecular flexibility index (Phi) is 2.84. The highest BCUT2D eigenvalue weighted by molar-refractivity contribution is 7.98. The van der Waals surface area contributed by atoms with Gasteiger partial charge in [-0.15, -0.1) is 5.10 Å². The maximum atomic E-state index is 12.7. The summed E-state index contributed by atoms with van der Waals surface area (Å²) in [5, 5.41) is 7.91. The third-order valence-corrected chi connectivity index (χ3v) is 3.65. The molecule has 3 nitrogen and oxygen atoms in total. The zero-order valence-electron chi connectivity index (χ0n) is 9.19. The maximum Gasteiger partial charge on any atom is 0.208 e. The fraction of sp³-hybridized carbons (Fsp3) is 0.333. The molecule has 1 aliphatic rings. The average molecular weight is 249 g/mol. The molecule has 17 heavy (non-hydrogen) atoms. The van der Waals surface area contributed by atoms with Crippen LogP contribution in [0.4, 0.5) is 4.39 Å². The third-order valence-electron chi connectivity index (χ3n) is 2.73. The summed E-state index contributed by atoms with van der Waals surface area (Å²) < 4.78 is 12.7. The standard InChI is InChI=1S/C12H12FN3S/c13-10-5-1-8(2-6-10)7-17-12-14-11(15-16-12)9-3-4-9/h1-2,5-6,9H,3-4,7H2,(H,14,15,16). The number of benzene rings is 1. The fourth-order valence-electron chi connectivity index (χ4n) is 1.59. The zero-order chi connectivity index (χ0) is 11.7. The molecule has 3 rings (SSSR count). The smallest absolute Gasteiger partial charge is 0.208 e. The van der Waals surface area contributed by atoms with Crippen LogP contribution in [0.25, 0.3) is 0 Å². The Morgan fingerprint density at radius 1 is 1.29 bits per heavy atom. The summed E-state index contributed by atoms with van der Waals surface area (Å²) in [4.78, 5) is 4.43. The molecule has 1 aromatic carbocycles. The molecule has 1 aliphatic carbocycles. The van der Waals surface area contributed by atoms with Crippen LogP contribution < -0.4 is 0 Å². The first-order valence-electron chi connectivity index (χ1n) is 5.61. The van der Waals surface area contributed by atoms with Crippen molar-refractivity contribution < 1.29 is 4.39 Å². The summed E-state index contributed by atoms with van der Waals surface area (Å²) in [6.07, 6.45) is 2.44. The Bertz CT molecular complexity index is 505. The first-order chi connectivity index (χ1) is 8.31. The highest BCUT2D eigenvalue weighted by Gasteiger charge is 2.27. The molecule has 1 saturated carbocycles. The van der Waals surface area contributed by atoms with Crippen LogP contribution in [0, 0.1) is 5.82 Å². The SMILES string of the molecule is Fc1ccc(CSc2n[nH]c(C3CC3)n2)cc1. The summed E-state index contributed by atoms with van der Waals surface area (Å²) in [6.45, 7) is 0. The van der Waals surface area contributed by atoms with Gasteiger partial charge in [-0.2, -0.15) is 0 Å². The first-order valence-corrected chi connectivity index (χ1v) is 6.59. The molecule has 0 aliphatic heterocycles. The third kappa shape index (κ3) is 2.66. The zero-order valence-corrected chi connectivity index (χ0v) is 10.0. The summed E-state index contributed by atoms with van der Waals surface area (Å²) in [5.74, 6) is 2.17. The minimum atomic E-state index is -0.201. The Hall–Kier alpha value is -1.36. The summed E-state index contributed by atoms with van der Waals surface area (Å²) in [7, 11) is 0. The van der Waals surface area contributed by atoms with Gasteiger partial charge in [0.1, 0.15) is 11.6 Å². The first kappa shape index (κ1) is 10.8. The Balaban J connectivity index is 1.60. The summed E-state index contributed by atoms with van der Waals surface area (Å²) in [5.41, 5.74) is 1.08. The van der Waals surface area contributed by atoms with Gasteiger partial charge in [0.15, 0.2) is 0 Å². The van der Waals surface area contributed by atoms with E-state index >= 15 is 0 Å². The van der Waals surface area contributed by atoms with Crippen molar-refractivity contribution in [2.24, 2.45) is 0 Å². The average Bonchev–Trinajstić information content (AvgIpc) is 3.09. The van der Waals surface area contributed by atoms with Crippen LogP contribution in [-0.4, -0.2) is 15.2 Å². The molecule has 0 unspecified atom stereocenters. The highest BCUT2D eigenvalue weighted by atomic mass is 32.2. The van der Waals surface area contributed by atoms with Crippen molar-refractivity contribution >= 4 is 11.8 Å². The van der Waals surface area contributed by atoms with E-state index in [1.165, 1.54) is 25.0 Å². The molecule has 0 spiro atoms. The van der Waals surface area contributed by atoms with E-state index in [-0.39, 0.29) is 5.82 Å². The molecule has 88 valence electrons. The lowest BCUT2D eigenvalue weighted by Crippen LogP contribution is -1.83. The lowest BCUT2D eigenvalue weighted by Gasteiger charge is -1.97. The van der Waals surface area contributed by atoms with Gasteiger partial charge >= 0.3 is 0 Å². The van der Waals surface area contributed by atoms with Crippen molar-refractivity contribution in [1.29, 1.82) is 0 Å². The van der Waals surface area contributed by atoms with Gasteiger partial charge in [0, 0.05) is 11.7 Å². The Morgan fingerprint density at radius 3 is 2.76 bits per heavy atom. The number of thioether (sulfide) groups is 1. The Morgan fingerprint density at radius 2 is 2.06 bits per heavy atom. The molecule has 0 radical (unpaired) electrons. The van der Waals surface area contributed by atoms with Crippen LogP contribution in [0.15, 0.2) is 29.4 Å². The number of hydrogen-bond acceptors (Lipinski definition) is 3. The van der Waals surface area contributed by atoms with E-state index in [9.17, 15) is 4.39 Å². The minimum Gasteiger partial charge on any atom is -0.262 e. The van der Waals surface area contributed by atoms with Gasteiger partial charge in [-0.25, -0.2) is 9.37 Å². The predicted octanol–water partition coefficient (Wildman–Crippen LogP) is 3.11. The summed E-state index contributed by atoms with van der Waals surface area (Å²) >= 11 is 1.57. The molecule has 0 atom stereocenters. The normalized spacial score (nSPS) is 15.1. The Labute approximate surface area is 103 Å². The van der Waals surface area contributed by atoms with Crippen molar-refractivity contribution in [3.8, 4) is 0 Å². The van der Waals surface area contributed by atoms with Gasteiger partial charge in [0.25, 0.3) is 0 Å². The molecule has 5 heteroatoms. The van der Waals surface area contributed by atoms with Crippen LogP contribution in [-0.2, 0) is 5.75 Å². The molecule has 0 bridgehead atoms. The van der Waals surface area contributed by atoms with E-state index in [4.69, 9.17) is 0 Å². The second-order valence-electron chi connectivity index (χ2n) is 4.19. The number of nitrogens with one attached hydrogen (secondary N) is 1. The van der Waals surface area contributed by atoms with Crippen LogP contribution in [0.3, 0.4) is 0 Å². The van der Waals surface area contributed by atoms with E-state index in [0.717, 1.165) is 22.3 Å². The number of aromatic nitrogens is 3. The van der Waals surface area contributed by atoms with E-state index < -0.39 is 0 Å². The van der Waals surface area contributed by atoms with Gasteiger partial charge in [-0.3, -0.25) is 5.10 Å². The van der Waals surface area contributed by atoms with Crippen LogP contribution in [0.2, 0.25) is 0 Å². The highest BCUT2D eigenvalue weighted by Crippen LogP contribution is 2.38. The van der Waals surface area contributed by atoms with E-state index in [2.05, 4.69) is 15.2 Å². The number of nitrogens with zero attached hydrogens (tertiary/aromatic N) is 2. The van der Waals surface area contributed by atoms with E-state index in [1.807, 2.05) is 0 Å². The molecule has 1 aromatic heterocycles. The topological polar surface area (TPSA) is 41.6 Å². The van der Waals surface area contributed by atoms with Crippen molar-refractivity contribution in [3.05, 3.63) is 41.5 Å². The molecular formula is C12H12FN3S. The van der Waals surface area contributed by atoms with Gasteiger partial charge in [0.05, 0.1) is 0 Å². The molecule has 1 heterocycles. The van der Waals surface area contributed by atoms with Gasteiger partial charge in [-0.05, 0) is 30.5 Å². The van der Waals surface area contributed by atoms with Crippen molar-refractivity contribution in [2.75, 3.05) is 0 Å². The predicted molar refractivity (Wildman–Crippen MR) is 64.3 cm³/mol. The van der Waals surface area contributed by atoms with Crippen LogP contribution in [0.1, 0.15) is 30.1 Å². The second-order valence-corrected chi connectivity index (χ2v) is 5.14. The number of aromatic amines is 1. The van der Waals surface area contributed by atoms with Crippen molar-refractivity contribution in [3.63, 3.8) is 0 Å². The fourth-order valence-corrected chi connectivity index (χ4v) is 2.35. The number of rotatable bonds is 4. The van der Waals surface area contributed by atoms with Crippen molar-refractivity contribution in [1.82, 2.24) is 15.2 Å². The van der Waals surface area contributed by atoms with Gasteiger partial charge in [-0.1, -0.05) is 23.9 Å². The van der Waals surface area contributed by atoms with Gasteiger partial charge in [0.2, 0.25) is 5.16 Å². The van der Waals surface area contributed by atoms with E-state index in [1.54, 1.807) is 23.9 Å². The largest absolute Gasteiger partial charge is 0.262 e. The van der Waals surface area contributed by atoms with Gasteiger partial charge < -0.3 is 0 Å². The quantitative estimate of drug-likeness (QED) is 0.846. The number of halogens is 1. The van der Waals surface area contributed by atoms with Crippen LogP contribution in [0.5, 0.6) is 0 Å². The van der Waals surface area contributed by atoms with E-state index in [0.29, 0.717) is 5.92 Å². The maximum absolute atomic E-state index is 12.7. The molecule has 2 aromatic rings. The molecule has 0 amide bonds. The molecule has 1 N–H and O–H groups in total. The molecular weight excluding hydrogens is 237 g/mol. The van der Waals surface area contributed by atoms with Crippen LogP contribution >= 0.6 is 11.8 Å². The van der Waals surface area contributed by atoms with Crippen molar-refractivity contribution in [2.45, 2.75) is 29.7 Å². The lowest BCUT2D eigenvalue weighted by atomic mass is 10.2. The monoisotopic (exact) mass is 249 g/mol. The summed E-state index contributed by atoms with van der Waals surface area (Å²) in [6, 6.07) is 6.53. The molecule has 0 saturated heterocycles. The number of H-pyrrole nitrogens is 1. The second kappa shape index (κ2) is 4.49.